The topological polar surface area (TPSA) is 127 Å². The average molecular weight is 418 g/mol. The molecule has 144 valence electrons. The van der Waals surface area contributed by atoms with Crippen molar-refractivity contribution in [2.75, 3.05) is 15.8 Å². The maximum atomic E-state index is 12.8. The van der Waals surface area contributed by atoms with Gasteiger partial charge < -0.3 is 11.1 Å². The molecule has 0 unspecified atom stereocenters. The molecule has 1 aromatic carbocycles. The number of carbonyl (C=O) groups excluding carboxylic acids is 1. The van der Waals surface area contributed by atoms with Gasteiger partial charge in [-0.25, -0.2) is 18.4 Å². The van der Waals surface area contributed by atoms with Crippen LogP contribution in [0.2, 0.25) is 5.02 Å². The molecule has 0 aliphatic carbocycles. The summed E-state index contributed by atoms with van der Waals surface area (Å²) in [7, 11) is -4.00. The lowest BCUT2D eigenvalue weighted by Crippen LogP contribution is -2.15. The second kappa shape index (κ2) is 7.83. The van der Waals surface area contributed by atoms with Crippen molar-refractivity contribution in [2.45, 2.75) is 11.8 Å². The molecule has 0 radical (unpaired) electrons. The lowest BCUT2D eigenvalue weighted by Gasteiger charge is -2.12. The molecule has 8 nitrogen and oxygen atoms in total. The van der Waals surface area contributed by atoms with Crippen LogP contribution in [0.1, 0.15) is 6.92 Å². The lowest BCUT2D eigenvalue weighted by atomic mass is 10.1. The van der Waals surface area contributed by atoms with Gasteiger partial charge in [0.15, 0.2) is 0 Å². The first-order valence-electron chi connectivity index (χ1n) is 8.02. The largest absolute Gasteiger partial charge is 0.383 e. The molecule has 0 bridgehead atoms. The summed E-state index contributed by atoms with van der Waals surface area (Å²) in [5.74, 6) is -0.0771. The lowest BCUT2D eigenvalue weighted by molar-refractivity contribution is -0.114. The zero-order chi connectivity index (χ0) is 20.3. The highest BCUT2D eigenvalue weighted by atomic mass is 35.5. The number of sulfonamides is 1. The van der Waals surface area contributed by atoms with Crippen molar-refractivity contribution in [2.24, 2.45) is 0 Å². The Hall–Kier alpha value is -3.17. The molecule has 2 heterocycles. The van der Waals surface area contributed by atoms with Gasteiger partial charge in [0.2, 0.25) is 5.91 Å². The second-order valence-corrected chi connectivity index (χ2v) is 7.92. The molecular formula is C18H16ClN5O3S. The molecular weight excluding hydrogens is 402 g/mol. The number of carbonyl (C=O) groups is 1. The van der Waals surface area contributed by atoms with E-state index < -0.39 is 10.0 Å². The number of anilines is 3. The third kappa shape index (κ3) is 4.56. The first-order valence-corrected chi connectivity index (χ1v) is 9.88. The van der Waals surface area contributed by atoms with Gasteiger partial charge in [-0.2, -0.15) is 0 Å². The third-order valence-corrected chi connectivity index (χ3v) is 5.29. The molecule has 0 saturated heterocycles. The number of benzene rings is 1. The van der Waals surface area contributed by atoms with Crippen molar-refractivity contribution in [1.29, 1.82) is 0 Å². The van der Waals surface area contributed by atoms with Crippen LogP contribution < -0.4 is 15.8 Å². The fourth-order valence-corrected chi connectivity index (χ4v) is 3.80. The highest BCUT2D eigenvalue weighted by Gasteiger charge is 2.20. The summed E-state index contributed by atoms with van der Waals surface area (Å²) < 4.78 is 28.0. The van der Waals surface area contributed by atoms with Crippen molar-refractivity contribution >= 4 is 44.9 Å². The zero-order valence-electron chi connectivity index (χ0n) is 14.7. The monoisotopic (exact) mass is 417 g/mol. The zero-order valence-corrected chi connectivity index (χ0v) is 16.3. The summed E-state index contributed by atoms with van der Waals surface area (Å²) in [6.45, 7) is 1.37. The smallest absolute Gasteiger partial charge is 0.265 e. The Balaban J connectivity index is 1.98. The highest BCUT2D eigenvalue weighted by molar-refractivity contribution is 7.92. The Morgan fingerprint density at radius 1 is 1.11 bits per heavy atom. The van der Waals surface area contributed by atoms with Crippen molar-refractivity contribution < 1.29 is 13.2 Å². The number of aromatic nitrogens is 2. The van der Waals surface area contributed by atoms with Crippen LogP contribution in [-0.4, -0.2) is 24.3 Å². The van der Waals surface area contributed by atoms with E-state index in [4.69, 9.17) is 17.3 Å². The summed E-state index contributed by atoms with van der Waals surface area (Å²) in [5.41, 5.74) is 7.22. The van der Waals surface area contributed by atoms with Crippen LogP contribution in [-0.2, 0) is 14.8 Å². The van der Waals surface area contributed by atoms with Gasteiger partial charge in [-0.3, -0.25) is 9.52 Å². The number of halogens is 1. The molecule has 2 aromatic heterocycles. The predicted molar refractivity (Wildman–Crippen MR) is 108 cm³/mol. The summed E-state index contributed by atoms with van der Waals surface area (Å²) >= 11 is 5.90. The minimum Gasteiger partial charge on any atom is -0.383 e. The van der Waals surface area contributed by atoms with Crippen LogP contribution in [0.5, 0.6) is 0 Å². The van der Waals surface area contributed by atoms with Gasteiger partial charge in [0.25, 0.3) is 10.0 Å². The van der Waals surface area contributed by atoms with Gasteiger partial charge in [-0.1, -0.05) is 17.7 Å². The van der Waals surface area contributed by atoms with Gasteiger partial charge in [-0.15, -0.1) is 0 Å². The third-order valence-electron chi connectivity index (χ3n) is 3.65. The van der Waals surface area contributed by atoms with Crippen molar-refractivity contribution in [3.05, 3.63) is 59.9 Å². The molecule has 0 saturated carbocycles. The summed E-state index contributed by atoms with van der Waals surface area (Å²) in [6, 6.07) is 11.0. The Labute approximate surface area is 166 Å². The van der Waals surface area contributed by atoms with E-state index in [1.165, 1.54) is 31.5 Å². The number of nitrogens with zero attached hydrogens (tertiary/aromatic N) is 2. The van der Waals surface area contributed by atoms with Crippen molar-refractivity contribution in [1.82, 2.24) is 9.97 Å². The van der Waals surface area contributed by atoms with Crippen LogP contribution in [0.15, 0.2) is 59.8 Å². The van der Waals surface area contributed by atoms with Crippen LogP contribution >= 0.6 is 11.6 Å². The van der Waals surface area contributed by atoms with Crippen molar-refractivity contribution in [3.8, 4) is 11.1 Å². The minimum atomic E-state index is -4.00. The van der Waals surface area contributed by atoms with Gasteiger partial charge in [-0.05, 0) is 42.0 Å². The van der Waals surface area contributed by atoms with E-state index in [2.05, 4.69) is 20.0 Å². The summed E-state index contributed by atoms with van der Waals surface area (Å²) in [5, 5.41) is 2.96. The fourth-order valence-electron chi connectivity index (χ4n) is 2.45. The normalized spacial score (nSPS) is 11.1. The van der Waals surface area contributed by atoms with E-state index in [9.17, 15) is 13.2 Å². The fraction of sp³-hybridized carbons (Fsp3) is 0.0556. The first-order chi connectivity index (χ1) is 13.2. The number of rotatable bonds is 5. The van der Waals surface area contributed by atoms with Gasteiger partial charge >= 0.3 is 0 Å². The van der Waals surface area contributed by atoms with Gasteiger partial charge in [0.1, 0.15) is 16.5 Å². The molecule has 10 heteroatoms. The van der Waals surface area contributed by atoms with E-state index in [0.29, 0.717) is 27.7 Å². The van der Waals surface area contributed by atoms with Crippen molar-refractivity contribution in [3.63, 3.8) is 0 Å². The minimum absolute atomic E-state index is 0.144. The Morgan fingerprint density at radius 2 is 1.89 bits per heavy atom. The second-order valence-electron chi connectivity index (χ2n) is 5.83. The highest BCUT2D eigenvalue weighted by Crippen LogP contribution is 2.28. The van der Waals surface area contributed by atoms with E-state index in [1.807, 2.05) is 0 Å². The Kier molecular flexibility index (Phi) is 5.48. The standard InChI is InChI=1S/C18H16ClN5O3S/c1-11(25)23-17-8-12(5-6-21-17)13-7-16(18(20)22-10-13)28(26,27)24-15-4-2-3-14(19)9-15/h2-10,24H,1H3,(H2,20,22)(H,21,23,25). The maximum Gasteiger partial charge on any atom is 0.265 e. The summed E-state index contributed by atoms with van der Waals surface area (Å²) in [4.78, 5) is 19.1. The molecule has 3 aromatic rings. The number of hydrogen-bond acceptors (Lipinski definition) is 6. The predicted octanol–water partition coefficient (Wildman–Crippen LogP) is 3.14. The van der Waals surface area contributed by atoms with Crippen LogP contribution in [0.25, 0.3) is 11.1 Å². The number of nitrogen functional groups attached to an aromatic ring is 1. The quantitative estimate of drug-likeness (QED) is 0.585. The van der Waals surface area contributed by atoms with Crippen LogP contribution in [0, 0.1) is 0 Å². The number of amides is 1. The Morgan fingerprint density at radius 3 is 2.61 bits per heavy atom. The molecule has 0 aliphatic rings. The van der Waals surface area contributed by atoms with Crippen LogP contribution in [0.4, 0.5) is 17.3 Å². The SMILES string of the molecule is CC(=O)Nc1cc(-c2cnc(N)c(S(=O)(=O)Nc3cccc(Cl)c3)c2)ccn1. The molecule has 0 fully saturated rings. The molecule has 0 atom stereocenters. The van der Waals surface area contributed by atoms with E-state index in [0.717, 1.165) is 0 Å². The molecule has 4 N–H and O–H groups in total. The van der Waals surface area contributed by atoms with Crippen LogP contribution in [0.3, 0.4) is 0 Å². The molecule has 0 spiro atoms. The molecule has 28 heavy (non-hydrogen) atoms. The maximum absolute atomic E-state index is 12.8. The van der Waals surface area contributed by atoms with E-state index >= 15 is 0 Å². The van der Waals surface area contributed by atoms with E-state index in [1.54, 1.807) is 30.3 Å². The number of nitrogens with one attached hydrogen (secondary N) is 2. The molecule has 3 rings (SSSR count). The average Bonchev–Trinajstić information content (AvgIpc) is 2.61. The number of nitrogens with two attached hydrogens (primary N) is 1. The molecule has 0 aliphatic heterocycles. The first kappa shape index (κ1) is 19.6. The Bertz CT molecular complexity index is 1150. The van der Waals surface area contributed by atoms with Gasteiger partial charge in [0.05, 0.1) is 5.69 Å². The molecule has 1 amide bonds. The number of pyridine rings is 2. The number of hydrogen-bond donors (Lipinski definition) is 3. The summed E-state index contributed by atoms with van der Waals surface area (Å²) in [6.07, 6.45) is 2.94. The van der Waals surface area contributed by atoms with E-state index in [-0.39, 0.29) is 16.6 Å². The van der Waals surface area contributed by atoms with Gasteiger partial charge in [0, 0.05) is 29.9 Å².